The predicted molar refractivity (Wildman–Crippen MR) is 80.2 cm³/mol. The molecule has 17 heavy (non-hydrogen) atoms. The van der Waals surface area contributed by atoms with Crippen molar-refractivity contribution in [2.75, 3.05) is 17.7 Å². The summed E-state index contributed by atoms with van der Waals surface area (Å²) in [5.74, 6) is 0. The van der Waals surface area contributed by atoms with E-state index in [4.69, 9.17) is 5.73 Å². The number of halogens is 1. The molecule has 0 bridgehead atoms. The van der Waals surface area contributed by atoms with Crippen LogP contribution in [0.4, 0.5) is 11.4 Å². The van der Waals surface area contributed by atoms with E-state index in [1.54, 1.807) is 0 Å². The van der Waals surface area contributed by atoms with Crippen LogP contribution in [0.25, 0.3) is 0 Å². The lowest BCUT2D eigenvalue weighted by Gasteiger charge is -2.37. The van der Waals surface area contributed by atoms with E-state index >= 15 is 0 Å². The number of aliphatic hydroxyl groups is 1. The molecule has 2 unspecified atom stereocenters. The largest absolute Gasteiger partial charge is 0.399 e. The maximum absolute atomic E-state index is 10.1. The van der Waals surface area contributed by atoms with Crippen molar-refractivity contribution in [2.24, 2.45) is 0 Å². The van der Waals surface area contributed by atoms with Crippen molar-refractivity contribution < 1.29 is 5.11 Å². The molecule has 0 heterocycles. The van der Waals surface area contributed by atoms with E-state index in [2.05, 4.69) is 34.5 Å². The Morgan fingerprint density at radius 2 is 2.06 bits per heavy atom. The Morgan fingerprint density at radius 1 is 1.35 bits per heavy atom. The van der Waals surface area contributed by atoms with Crippen LogP contribution in [0.2, 0.25) is 0 Å². The van der Waals surface area contributed by atoms with Gasteiger partial charge in [0, 0.05) is 16.3 Å². The third-order valence-corrected chi connectivity index (χ3v) is 4.41. The zero-order valence-corrected chi connectivity index (χ0v) is 12.2. The molecule has 0 saturated heterocycles. The Bertz CT molecular complexity index is 397. The molecule has 0 spiro atoms. The summed E-state index contributed by atoms with van der Waals surface area (Å²) in [7, 11) is 2.06. The first-order valence-electron chi connectivity index (χ1n) is 6.05. The topological polar surface area (TPSA) is 49.5 Å². The van der Waals surface area contributed by atoms with Gasteiger partial charge >= 0.3 is 0 Å². The van der Waals surface area contributed by atoms with E-state index in [1.807, 2.05) is 18.2 Å². The number of nitrogens with two attached hydrogens (primary N) is 1. The summed E-state index contributed by atoms with van der Waals surface area (Å²) >= 11 is 2.30. The van der Waals surface area contributed by atoms with Gasteiger partial charge in [-0.2, -0.15) is 0 Å². The smallest absolute Gasteiger partial charge is 0.0743 e. The Hall–Kier alpha value is -0.490. The number of nitrogens with zero attached hydrogens (tertiary/aromatic N) is 1. The molecule has 2 atom stereocenters. The first-order chi connectivity index (χ1) is 8.09. The van der Waals surface area contributed by atoms with Crippen LogP contribution < -0.4 is 10.6 Å². The van der Waals surface area contributed by atoms with Gasteiger partial charge in [-0.15, -0.1) is 0 Å². The molecule has 0 amide bonds. The number of benzene rings is 1. The van der Waals surface area contributed by atoms with Crippen molar-refractivity contribution in [3.8, 4) is 0 Å². The van der Waals surface area contributed by atoms with Gasteiger partial charge in [0.15, 0.2) is 0 Å². The van der Waals surface area contributed by atoms with Crippen LogP contribution in [0.15, 0.2) is 18.2 Å². The van der Waals surface area contributed by atoms with Crippen molar-refractivity contribution in [3.63, 3.8) is 0 Å². The van der Waals surface area contributed by atoms with Crippen LogP contribution >= 0.6 is 22.6 Å². The molecule has 1 aromatic carbocycles. The maximum atomic E-state index is 10.1. The van der Waals surface area contributed by atoms with Gasteiger partial charge in [-0.05, 0) is 53.6 Å². The maximum Gasteiger partial charge on any atom is 0.0743 e. The molecular formula is C13H19IN2O. The minimum Gasteiger partial charge on any atom is -0.399 e. The number of anilines is 2. The molecule has 1 saturated carbocycles. The normalized spacial score (nSPS) is 24.6. The van der Waals surface area contributed by atoms with Crippen LogP contribution in [-0.2, 0) is 0 Å². The van der Waals surface area contributed by atoms with Crippen molar-refractivity contribution in [3.05, 3.63) is 21.8 Å². The predicted octanol–water partition coefficient (Wildman–Crippen LogP) is 2.61. The Kier molecular flexibility index (Phi) is 4.14. The molecule has 4 heteroatoms. The van der Waals surface area contributed by atoms with Crippen LogP contribution in [-0.4, -0.2) is 24.3 Å². The summed E-state index contributed by atoms with van der Waals surface area (Å²) in [6, 6.07) is 6.17. The van der Waals surface area contributed by atoms with Crippen molar-refractivity contribution in [1.82, 2.24) is 0 Å². The van der Waals surface area contributed by atoms with Gasteiger partial charge in [-0.3, -0.25) is 0 Å². The van der Waals surface area contributed by atoms with Gasteiger partial charge in [-0.25, -0.2) is 0 Å². The first-order valence-corrected chi connectivity index (χ1v) is 7.13. The Morgan fingerprint density at radius 3 is 2.71 bits per heavy atom. The highest BCUT2D eigenvalue weighted by Gasteiger charge is 2.27. The van der Waals surface area contributed by atoms with Gasteiger partial charge in [0.25, 0.3) is 0 Å². The minimum atomic E-state index is -0.206. The van der Waals surface area contributed by atoms with E-state index in [-0.39, 0.29) is 12.1 Å². The lowest BCUT2D eigenvalue weighted by atomic mass is 9.91. The quantitative estimate of drug-likeness (QED) is 0.639. The number of aliphatic hydroxyl groups excluding tert-OH is 1. The van der Waals surface area contributed by atoms with Crippen LogP contribution in [0.5, 0.6) is 0 Å². The third kappa shape index (κ3) is 2.85. The fourth-order valence-corrected chi connectivity index (χ4v) is 3.45. The van der Waals surface area contributed by atoms with Crippen LogP contribution in [0.3, 0.4) is 0 Å². The molecule has 0 aliphatic heterocycles. The molecule has 0 aromatic heterocycles. The molecule has 1 fully saturated rings. The third-order valence-electron chi connectivity index (χ3n) is 3.54. The first kappa shape index (κ1) is 13.0. The highest BCUT2D eigenvalue weighted by Crippen LogP contribution is 2.30. The van der Waals surface area contributed by atoms with Gasteiger partial charge in [-0.1, -0.05) is 12.8 Å². The number of rotatable bonds is 2. The number of hydrogen-bond donors (Lipinski definition) is 2. The Labute approximate surface area is 116 Å². The molecule has 0 radical (unpaired) electrons. The van der Waals surface area contributed by atoms with Crippen LogP contribution in [0.1, 0.15) is 25.7 Å². The molecule has 2 rings (SSSR count). The second-order valence-corrected chi connectivity index (χ2v) is 5.90. The average molecular weight is 346 g/mol. The van der Waals surface area contributed by atoms with Crippen molar-refractivity contribution in [2.45, 2.75) is 37.8 Å². The van der Waals surface area contributed by atoms with Gasteiger partial charge in [0.05, 0.1) is 17.8 Å². The van der Waals surface area contributed by atoms with E-state index in [0.717, 1.165) is 34.2 Å². The van der Waals surface area contributed by atoms with Crippen LogP contribution in [0, 0.1) is 3.57 Å². The van der Waals surface area contributed by atoms with Gasteiger partial charge in [0.2, 0.25) is 0 Å². The lowest BCUT2D eigenvalue weighted by molar-refractivity contribution is 0.106. The van der Waals surface area contributed by atoms with Gasteiger partial charge in [0.1, 0.15) is 0 Å². The Balaban J connectivity index is 2.20. The highest BCUT2D eigenvalue weighted by atomic mass is 127. The monoisotopic (exact) mass is 346 g/mol. The summed E-state index contributed by atoms with van der Waals surface area (Å²) < 4.78 is 1.14. The molecule has 1 aromatic rings. The summed E-state index contributed by atoms with van der Waals surface area (Å²) in [5.41, 5.74) is 7.71. The van der Waals surface area contributed by atoms with Crippen molar-refractivity contribution >= 4 is 34.0 Å². The van der Waals surface area contributed by atoms with Gasteiger partial charge < -0.3 is 15.7 Å². The SMILES string of the molecule is CN(c1ccc(N)cc1I)C1CCCCC1O. The molecular weight excluding hydrogens is 327 g/mol. The minimum absolute atomic E-state index is 0.206. The number of hydrogen-bond acceptors (Lipinski definition) is 3. The molecule has 3 N–H and O–H groups in total. The lowest BCUT2D eigenvalue weighted by Crippen LogP contribution is -2.43. The van der Waals surface area contributed by atoms with E-state index in [1.165, 1.54) is 6.42 Å². The second-order valence-electron chi connectivity index (χ2n) is 4.74. The van der Waals surface area contributed by atoms with E-state index in [9.17, 15) is 5.11 Å². The summed E-state index contributed by atoms with van der Waals surface area (Å²) in [5, 5.41) is 10.1. The van der Waals surface area contributed by atoms with E-state index in [0.29, 0.717) is 0 Å². The summed E-state index contributed by atoms with van der Waals surface area (Å²) in [4.78, 5) is 2.20. The molecule has 1 aliphatic carbocycles. The fraction of sp³-hybridized carbons (Fsp3) is 0.538. The van der Waals surface area contributed by atoms with Crippen molar-refractivity contribution in [1.29, 1.82) is 0 Å². The molecule has 1 aliphatic rings. The van der Waals surface area contributed by atoms with E-state index < -0.39 is 0 Å². The zero-order chi connectivity index (χ0) is 12.4. The molecule has 3 nitrogen and oxygen atoms in total. The standard InChI is InChI=1S/C13H19IN2O/c1-16(12-4-2-3-5-13(12)17)11-7-6-9(15)8-10(11)14/h6-8,12-13,17H,2-5,15H2,1H3. The fourth-order valence-electron chi connectivity index (χ4n) is 2.53. The highest BCUT2D eigenvalue weighted by molar-refractivity contribution is 14.1. The molecule has 94 valence electrons. The zero-order valence-electron chi connectivity index (χ0n) is 10.1. The summed E-state index contributed by atoms with van der Waals surface area (Å²) in [6.45, 7) is 0. The number of nitrogen functional groups attached to an aromatic ring is 1. The average Bonchev–Trinajstić information content (AvgIpc) is 2.29. The second kappa shape index (κ2) is 5.44. The summed E-state index contributed by atoms with van der Waals surface area (Å²) in [6.07, 6.45) is 4.13. The number of likely N-dealkylation sites (N-methyl/N-ethyl adjacent to an activating group) is 1.